The van der Waals surface area contributed by atoms with E-state index in [0.29, 0.717) is 6.54 Å². The van der Waals surface area contributed by atoms with Crippen LogP contribution >= 0.6 is 0 Å². The summed E-state index contributed by atoms with van der Waals surface area (Å²) in [6, 6.07) is 10.3. The predicted octanol–water partition coefficient (Wildman–Crippen LogP) is 5.30. The van der Waals surface area contributed by atoms with Crippen molar-refractivity contribution in [2.24, 2.45) is 0 Å². The van der Waals surface area contributed by atoms with E-state index in [1.165, 1.54) is 5.56 Å². The van der Waals surface area contributed by atoms with Crippen molar-refractivity contribution < 1.29 is 14.3 Å². The summed E-state index contributed by atoms with van der Waals surface area (Å²) >= 11 is 0. The standard InChI is InChI=1S/C27H30N4O3/c1-26(2,3)34-25(33)30-12-9-19(14-27(30)10-11-27)31-16-17(15-28-31)13-18-7-8-22-23-20(18)5-4-6-21(23)24(32)29-22/h4-8,15-16,19H,9-14H2,1-3H3,(H,29,32)/t19-/m1/s1. The molecule has 1 atom stereocenters. The van der Waals surface area contributed by atoms with Crippen LogP contribution in [0.25, 0.3) is 10.8 Å². The number of carbonyl (C=O) groups excluding carboxylic acids is 2. The average molecular weight is 459 g/mol. The Morgan fingerprint density at radius 2 is 2.06 bits per heavy atom. The van der Waals surface area contributed by atoms with E-state index < -0.39 is 5.60 Å². The van der Waals surface area contributed by atoms with Crippen molar-refractivity contribution in [1.29, 1.82) is 0 Å². The lowest BCUT2D eigenvalue weighted by molar-refractivity contribution is -0.0000310. The van der Waals surface area contributed by atoms with Crippen LogP contribution in [0.15, 0.2) is 42.7 Å². The maximum atomic E-state index is 12.8. The van der Waals surface area contributed by atoms with Crippen LogP contribution in [-0.4, -0.2) is 44.4 Å². The van der Waals surface area contributed by atoms with E-state index in [2.05, 4.69) is 28.3 Å². The fourth-order valence-corrected chi connectivity index (χ4v) is 5.60. The summed E-state index contributed by atoms with van der Waals surface area (Å²) in [5.74, 6) is -0.0303. The van der Waals surface area contributed by atoms with Crippen LogP contribution in [0.4, 0.5) is 10.5 Å². The number of rotatable bonds is 3. The molecule has 0 bridgehead atoms. The minimum absolute atomic E-state index is 0.0303. The van der Waals surface area contributed by atoms with E-state index >= 15 is 0 Å². The monoisotopic (exact) mass is 458 g/mol. The molecule has 3 heterocycles. The van der Waals surface area contributed by atoms with Crippen molar-refractivity contribution in [2.75, 3.05) is 11.9 Å². The van der Waals surface area contributed by atoms with E-state index in [1.54, 1.807) is 0 Å². The molecule has 0 unspecified atom stereocenters. The number of hydrogen-bond donors (Lipinski definition) is 1. The third-order valence-corrected chi connectivity index (χ3v) is 7.36. The van der Waals surface area contributed by atoms with Gasteiger partial charge in [-0.3, -0.25) is 9.48 Å². The molecule has 7 nitrogen and oxygen atoms in total. The molecule has 1 aliphatic carbocycles. The number of benzene rings is 2. The number of carbonyl (C=O) groups is 2. The minimum atomic E-state index is -0.479. The Kier molecular flexibility index (Phi) is 4.57. The van der Waals surface area contributed by atoms with Crippen molar-refractivity contribution in [3.63, 3.8) is 0 Å². The first-order valence-corrected chi connectivity index (χ1v) is 12.1. The zero-order valence-corrected chi connectivity index (χ0v) is 19.9. The van der Waals surface area contributed by atoms with Gasteiger partial charge in [-0.1, -0.05) is 18.2 Å². The molecule has 7 heteroatoms. The van der Waals surface area contributed by atoms with E-state index in [0.717, 1.165) is 59.7 Å². The molecule has 1 N–H and O–H groups in total. The summed E-state index contributed by atoms with van der Waals surface area (Å²) in [5.41, 5.74) is 3.42. The van der Waals surface area contributed by atoms with Gasteiger partial charge in [-0.05, 0) is 75.1 Å². The van der Waals surface area contributed by atoms with Crippen LogP contribution in [0.3, 0.4) is 0 Å². The molecule has 1 saturated carbocycles. The van der Waals surface area contributed by atoms with Crippen LogP contribution in [0, 0.1) is 0 Å². The normalized spacial score (nSPS) is 20.6. The van der Waals surface area contributed by atoms with Crippen LogP contribution in [0.2, 0.25) is 0 Å². The van der Waals surface area contributed by atoms with Crippen molar-refractivity contribution >= 4 is 28.5 Å². The maximum absolute atomic E-state index is 12.8. The first kappa shape index (κ1) is 21.2. The second kappa shape index (κ2) is 7.32. The Balaban J connectivity index is 1.19. The number of piperidine rings is 1. The Hall–Kier alpha value is -3.35. The molecular formula is C27H30N4O3. The van der Waals surface area contributed by atoms with Gasteiger partial charge >= 0.3 is 6.09 Å². The molecule has 1 aromatic heterocycles. The van der Waals surface area contributed by atoms with Crippen molar-refractivity contribution in [3.8, 4) is 0 Å². The van der Waals surface area contributed by atoms with Gasteiger partial charge in [0.15, 0.2) is 0 Å². The largest absolute Gasteiger partial charge is 0.444 e. The van der Waals surface area contributed by atoms with E-state index in [1.807, 2.05) is 50.1 Å². The molecule has 176 valence electrons. The first-order chi connectivity index (χ1) is 16.2. The molecule has 2 fully saturated rings. The molecular weight excluding hydrogens is 428 g/mol. The summed E-state index contributed by atoms with van der Waals surface area (Å²) in [5, 5.41) is 9.80. The molecule has 3 aromatic rings. The summed E-state index contributed by atoms with van der Waals surface area (Å²) < 4.78 is 7.76. The van der Waals surface area contributed by atoms with Gasteiger partial charge in [0.2, 0.25) is 0 Å². The number of nitrogens with zero attached hydrogens (tertiary/aromatic N) is 3. The quantitative estimate of drug-likeness (QED) is 0.578. The predicted molar refractivity (Wildman–Crippen MR) is 130 cm³/mol. The highest BCUT2D eigenvalue weighted by atomic mass is 16.6. The van der Waals surface area contributed by atoms with Crippen LogP contribution in [0.1, 0.15) is 74.0 Å². The van der Waals surface area contributed by atoms with Gasteiger partial charge in [0.25, 0.3) is 5.91 Å². The van der Waals surface area contributed by atoms with Gasteiger partial charge in [-0.25, -0.2) is 4.79 Å². The number of likely N-dealkylation sites (tertiary alicyclic amines) is 1. The van der Waals surface area contributed by atoms with E-state index in [4.69, 9.17) is 9.84 Å². The molecule has 6 rings (SSSR count). The molecule has 34 heavy (non-hydrogen) atoms. The molecule has 3 aliphatic rings. The molecule has 2 aliphatic heterocycles. The van der Waals surface area contributed by atoms with Gasteiger partial charge in [0.05, 0.1) is 12.2 Å². The fraction of sp³-hybridized carbons (Fsp3) is 0.444. The number of amides is 2. The number of ether oxygens (including phenoxy) is 1. The van der Waals surface area contributed by atoms with E-state index in [9.17, 15) is 9.59 Å². The lowest BCUT2D eigenvalue weighted by Crippen LogP contribution is -2.50. The lowest BCUT2D eigenvalue weighted by atomic mass is 9.95. The van der Waals surface area contributed by atoms with Crippen molar-refractivity contribution in [1.82, 2.24) is 14.7 Å². The zero-order chi connectivity index (χ0) is 23.7. The fourth-order valence-electron chi connectivity index (χ4n) is 5.60. The van der Waals surface area contributed by atoms with Gasteiger partial charge in [-0.15, -0.1) is 0 Å². The molecule has 2 amide bonds. The van der Waals surface area contributed by atoms with Gasteiger partial charge in [0, 0.05) is 41.3 Å². The summed E-state index contributed by atoms with van der Waals surface area (Å²) in [6.07, 6.45) is 8.53. The lowest BCUT2D eigenvalue weighted by Gasteiger charge is -2.40. The third kappa shape index (κ3) is 3.54. The number of nitrogens with one attached hydrogen (secondary N) is 1. The topological polar surface area (TPSA) is 76.5 Å². The Bertz CT molecular complexity index is 1320. The Labute approximate surface area is 199 Å². The first-order valence-electron chi connectivity index (χ1n) is 12.1. The average Bonchev–Trinajstić information content (AvgIpc) is 3.23. The van der Waals surface area contributed by atoms with Crippen LogP contribution in [-0.2, 0) is 11.2 Å². The highest BCUT2D eigenvalue weighted by molar-refractivity contribution is 6.24. The van der Waals surface area contributed by atoms with Crippen molar-refractivity contribution in [3.05, 3.63) is 59.4 Å². The summed E-state index contributed by atoms with van der Waals surface area (Å²) in [4.78, 5) is 26.9. The second-order valence-corrected chi connectivity index (χ2v) is 11.0. The van der Waals surface area contributed by atoms with Gasteiger partial charge in [-0.2, -0.15) is 5.10 Å². The molecule has 2 aromatic carbocycles. The van der Waals surface area contributed by atoms with Gasteiger partial charge < -0.3 is 15.0 Å². The smallest absolute Gasteiger partial charge is 0.410 e. The SMILES string of the molecule is CC(C)(C)OC(=O)N1CC[C@@H](n2cc(Cc3ccc4c5c(cccc35)C(=O)N4)cn2)CC12CC2. The maximum Gasteiger partial charge on any atom is 0.410 e. The Morgan fingerprint density at radius 1 is 1.24 bits per heavy atom. The second-order valence-electron chi connectivity index (χ2n) is 11.0. The van der Waals surface area contributed by atoms with E-state index in [-0.39, 0.29) is 23.6 Å². The molecule has 1 saturated heterocycles. The molecule has 1 spiro atoms. The van der Waals surface area contributed by atoms with Crippen molar-refractivity contribution in [2.45, 2.75) is 70.1 Å². The third-order valence-electron chi connectivity index (χ3n) is 7.36. The minimum Gasteiger partial charge on any atom is -0.444 e. The number of anilines is 1. The highest BCUT2D eigenvalue weighted by Gasteiger charge is 2.54. The number of hydrogen-bond acceptors (Lipinski definition) is 4. The number of aromatic nitrogens is 2. The molecule has 0 radical (unpaired) electrons. The summed E-state index contributed by atoms with van der Waals surface area (Å²) in [7, 11) is 0. The highest BCUT2D eigenvalue weighted by Crippen LogP contribution is 2.51. The van der Waals surface area contributed by atoms with Crippen LogP contribution < -0.4 is 5.32 Å². The summed E-state index contributed by atoms with van der Waals surface area (Å²) in [6.45, 7) is 6.45. The Morgan fingerprint density at radius 3 is 2.82 bits per heavy atom. The van der Waals surface area contributed by atoms with Gasteiger partial charge in [0.1, 0.15) is 5.60 Å². The zero-order valence-electron chi connectivity index (χ0n) is 19.9. The van der Waals surface area contributed by atoms with Crippen LogP contribution in [0.5, 0.6) is 0 Å².